The van der Waals surface area contributed by atoms with Gasteiger partial charge >= 0.3 is 5.97 Å². The van der Waals surface area contributed by atoms with Crippen molar-refractivity contribution in [3.05, 3.63) is 0 Å². The molecule has 0 aromatic rings. The van der Waals surface area contributed by atoms with Gasteiger partial charge in [-0.15, -0.1) is 0 Å². The van der Waals surface area contributed by atoms with Gasteiger partial charge in [0, 0.05) is 0 Å². The number of hydrogen-bond donors (Lipinski definition) is 4. The van der Waals surface area contributed by atoms with E-state index in [1.807, 2.05) is 0 Å². The number of nitrogens with two attached hydrogens (primary N) is 1. The maximum Gasteiger partial charge on any atom is 0.323 e. The number of hydrogen-bond acceptors (Lipinski definition) is 3. The molecule has 0 rings (SSSR count). The van der Waals surface area contributed by atoms with E-state index < -0.39 is 24.7 Å². The maximum absolute atomic E-state index is 10.2. The largest absolute Gasteiger partial charge is 0.480 e. The number of aliphatic hydroxyl groups excluding tert-OH is 1. The van der Waals surface area contributed by atoms with Gasteiger partial charge in [-0.1, -0.05) is 6.92 Å². The maximum atomic E-state index is 10.2. The number of nitrogens with one attached hydrogen (secondary N) is 1. The lowest BCUT2D eigenvalue weighted by Gasteiger charge is -2.25. The zero-order chi connectivity index (χ0) is 9.72. The standard InChI is InChI=1S/C6H13N3O3/c1-2-4(10)9(6(7)8)3-5(11)12/h4,10H,2-3H2,1H3,(H3,7,8)(H,11,12). The summed E-state index contributed by atoms with van der Waals surface area (Å²) in [5, 5.41) is 24.5. The van der Waals surface area contributed by atoms with E-state index in [0.29, 0.717) is 6.42 Å². The SMILES string of the molecule is CCC(O)N(CC(=O)O)C(=N)N. The lowest BCUT2D eigenvalue weighted by Crippen LogP contribution is -2.46. The third-order valence-electron chi connectivity index (χ3n) is 1.34. The Labute approximate surface area is 70.1 Å². The number of carboxylic acids is 1. The molecule has 0 aromatic carbocycles. The van der Waals surface area contributed by atoms with E-state index >= 15 is 0 Å². The summed E-state index contributed by atoms with van der Waals surface area (Å²) >= 11 is 0. The van der Waals surface area contributed by atoms with E-state index in [1.54, 1.807) is 6.92 Å². The monoisotopic (exact) mass is 175 g/mol. The topological polar surface area (TPSA) is 111 Å². The Morgan fingerprint density at radius 1 is 1.75 bits per heavy atom. The van der Waals surface area contributed by atoms with Crippen LogP contribution in [0.5, 0.6) is 0 Å². The Hall–Kier alpha value is -1.30. The molecule has 0 amide bonds. The van der Waals surface area contributed by atoms with E-state index in [0.717, 1.165) is 4.90 Å². The van der Waals surface area contributed by atoms with Crippen LogP contribution < -0.4 is 5.73 Å². The highest BCUT2D eigenvalue weighted by Crippen LogP contribution is 1.98. The first-order valence-corrected chi connectivity index (χ1v) is 3.49. The number of aliphatic carboxylic acids is 1. The molecule has 0 aliphatic carbocycles. The van der Waals surface area contributed by atoms with Gasteiger partial charge in [-0.25, -0.2) is 0 Å². The van der Waals surface area contributed by atoms with Crippen LogP contribution in [0.3, 0.4) is 0 Å². The molecule has 5 N–H and O–H groups in total. The molecule has 0 heterocycles. The Balaban J connectivity index is 4.22. The zero-order valence-corrected chi connectivity index (χ0v) is 6.82. The molecule has 0 radical (unpaired) electrons. The minimum absolute atomic E-state index is 0.326. The Morgan fingerprint density at radius 2 is 2.25 bits per heavy atom. The lowest BCUT2D eigenvalue weighted by atomic mass is 10.3. The Morgan fingerprint density at radius 3 is 2.50 bits per heavy atom. The molecule has 1 unspecified atom stereocenters. The van der Waals surface area contributed by atoms with Gasteiger partial charge in [0.1, 0.15) is 12.8 Å². The summed E-state index contributed by atoms with van der Waals surface area (Å²) in [4.78, 5) is 11.1. The van der Waals surface area contributed by atoms with Gasteiger partial charge in [0.25, 0.3) is 0 Å². The number of carbonyl (C=O) groups is 1. The first-order chi connectivity index (χ1) is 5.49. The van der Waals surface area contributed by atoms with Crippen molar-refractivity contribution < 1.29 is 15.0 Å². The van der Waals surface area contributed by atoms with Gasteiger partial charge < -0.3 is 20.8 Å². The highest BCUT2D eigenvalue weighted by atomic mass is 16.4. The molecule has 0 saturated heterocycles. The van der Waals surface area contributed by atoms with Crippen LogP contribution in [0.2, 0.25) is 0 Å². The summed E-state index contributed by atoms with van der Waals surface area (Å²) in [5.41, 5.74) is 5.05. The van der Waals surface area contributed by atoms with Crippen molar-refractivity contribution >= 4 is 11.9 Å². The van der Waals surface area contributed by atoms with Crippen molar-refractivity contribution in [2.45, 2.75) is 19.6 Å². The van der Waals surface area contributed by atoms with Crippen molar-refractivity contribution in [3.8, 4) is 0 Å². The molecule has 0 bridgehead atoms. The van der Waals surface area contributed by atoms with E-state index in [2.05, 4.69) is 0 Å². The van der Waals surface area contributed by atoms with Crippen LogP contribution in [0.1, 0.15) is 13.3 Å². The molecule has 0 aliphatic rings. The third kappa shape index (κ3) is 3.20. The normalized spacial score (nSPS) is 12.2. The molecule has 12 heavy (non-hydrogen) atoms. The smallest absolute Gasteiger partial charge is 0.323 e. The van der Waals surface area contributed by atoms with E-state index in [-0.39, 0.29) is 0 Å². The minimum atomic E-state index is -1.13. The summed E-state index contributed by atoms with van der Waals surface area (Å²) in [6, 6.07) is 0. The van der Waals surface area contributed by atoms with Crippen LogP contribution in [0.25, 0.3) is 0 Å². The Bertz CT molecular complexity index is 183. The fourth-order valence-electron chi connectivity index (χ4n) is 0.717. The summed E-state index contributed by atoms with van der Waals surface area (Å²) in [7, 11) is 0. The lowest BCUT2D eigenvalue weighted by molar-refractivity contribution is -0.139. The van der Waals surface area contributed by atoms with Crippen molar-refractivity contribution in [1.29, 1.82) is 5.41 Å². The van der Waals surface area contributed by atoms with Crippen LogP contribution in [0.15, 0.2) is 0 Å². The quantitative estimate of drug-likeness (QED) is 0.249. The molecular weight excluding hydrogens is 162 g/mol. The second kappa shape index (κ2) is 4.55. The molecule has 70 valence electrons. The molecule has 0 fully saturated rings. The number of guanidine groups is 1. The van der Waals surface area contributed by atoms with Crippen molar-refractivity contribution in [3.63, 3.8) is 0 Å². The predicted molar refractivity (Wildman–Crippen MR) is 42.6 cm³/mol. The van der Waals surface area contributed by atoms with Gasteiger partial charge in [-0.3, -0.25) is 10.2 Å². The number of aliphatic hydroxyl groups is 1. The molecule has 0 aromatic heterocycles. The van der Waals surface area contributed by atoms with Gasteiger partial charge in [-0.05, 0) is 6.42 Å². The summed E-state index contributed by atoms with van der Waals surface area (Å²) in [5.74, 6) is -1.57. The highest BCUT2D eigenvalue weighted by molar-refractivity contribution is 5.80. The average Bonchev–Trinajstić information content (AvgIpc) is 1.98. The van der Waals surface area contributed by atoms with Gasteiger partial charge in [0.15, 0.2) is 5.96 Å². The van der Waals surface area contributed by atoms with E-state index in [4.69, 9.17) is 16.2 Å². The van der Waals surface area contributed by atoms with Gasteiger partial charge in [-0.2, -0.15) is 0 Å². The first kappa shape index (κ1) is 10.7. The second-order valence-corrected chi connectivity index (χ2v) is 2.30. The molecule has 0 saturated carbocycles. The van der Waals surface area contributed by atoms with Crippen LogP contribution >= 0.6 is 0 Å². The summed E-state index contributed by atoms with van der Waals surface area (Å²) < 4.78 is 0. The second-order valence-electron chi connectivity index (χ2n) is 2.30. The number of rotatable bonds is 4. The van der Waals surface area contributed by atoms with Crippen LogP contribution in [-0.4, -0.2) is 39.8 Å². The number of nitrogens with zero attached hydrogens (tertiary/aromatic N) is 1. The first-order valence-electron chi connectivity index (χ1n) is 3.49. The predicted octanol–water partition coefficient (Wildman–Crippen LogP) is -1.01. The van der Waals surface area contributed by atoms with E-state index in [1.165, 1.54) is 0 Å². The Kier molecular flexibility index (Phi) is 4.06. The van der Waals surface area contributed by atoms with E-state index in [9.17, 15) is 9.90 Å². The fraction of sp³-hybridized carbons (Fsp3) is 0.667. The summed E-state index contributed by atoms with van der Waals surface area (Å²) in [6.45, 7) is 1.22. The highest BCUT2D eigenvalue weighted by Gasteiger charge is 2.17. The van der Waals surface area contributed by atoms with Crippen molar-refractivity contribution in [1.82, 2.24) is 4.90 Å². The molecule has 6 nitrogen and oxygen atoms in total. The average molecular weight is 175 g/mol. The van der Waals surface area contributed by atoms with Crippen molar-refractivity contribution in [2.75, 3.05) is 6.54 Å². The van der Waals surface area contributed by atoms with Crippen LogP contribution in [0, 0.1) is 5.41 Å². The van der Waals surface area contributed by atoms with Crippen LogP contribution in [-0.2, 0) is 4.79 Å². The molecule has 6 heteroatoms. The molecular formula is C6H13N3O3. The van der Waals surface area contributed by atoms with Crippen LogP contribution in [0.4, 0.5) is 0 Å². The molecule has 1 atom stereocenters. The minimum Gasteiger partial charge on any atom is -0.480 e. The molecule has 0 aliphatic heterocycles. The summed E-state index contributed by atoms with van der Waals surface area (Å²) in [6.07, 6.45) is -0.675. The van der Waals surface area contributed by atoms with Gasteiger partial charge in [0.05, 0.1) is 0 Å². The molecule has 0 spiro atoms. The number of carboxylic acid groups (broad SMARTS) is 1. The third-order valence-corrected chi connectivity index (χ3v) is 1.34. The fourth-order valence-corrected chi connectivity index (χ4v) is 0.717. The van der Waals surface area contributed by atoms with Crippen molar-refractivity contribution in [2.24, 2.45) is 5.73 Å². The zero-order valence-electron chi connectivity index (χ0n) is 6.82. The van der Waals surface area contributed by atoms with Gasteiger partial charge in [0.2, 0.25) is 0 Å².